The highest BCUT2D eigenvalue weighted by atomic mass is 16.5. The minimum atomic E-state index is -0.190. The Bertz CT molecular complexity index is 651. The van der Waals surface area contributed by atoms with E-state index in [-0.39, 0.29) is 5.97 Å². The van der Waals surface area contributed by atoms with Crippen molar-refractivity contribution in [1.29, 1.82) is 0 Å². The van der Waals surface area contributed by atoms with Crippen molar-refractivity contribution in [1.82, 2.24) is 0 Å². The third-order valence-electron chi connectivity index (χ3n) is 4.03. The van der Waals surface area contributed by atoms with Gasteiger partial charge in [-0.1, -0.05) is 42.5 Å². The van der Waals surface area contributed by atoms with E-state index in [0.29, 0.717) is 6.42 Å². The molecule has 0 saturated carbocycles. The van der Waals surface area contributed by atoms with Crippen molar-refractivity contribution in [2.45, 2.75) is 19.4 Å². The number of benzene rings is 2. The average Bonchev–Trinajstić information content (AvgIpc) is 2.92. The first-order chi connectivity index (χ1) is 10.3. The summed E-state index contributed by atoms with van der Waals surface area (Å²) in [5.74, 6) is -0.190. The van der Waals surface area contributed by atoms with Crippen LogP contribution in [0.25, 0.3) is 0 Å². The summed E-state index contributed by atoms with van der Waals surface area (Å²) in [5.41, 5.74) is 4.96. The number of nitrogens with zero attached hydrogens (tertiary/aromatic N) is 1. The molecule has 1 aliphatic heterocycles. The molecule has 0 unspecified atom stereocenters. The van der Waals surface area contributed by atoms with Crippen molar-refractivity contribution in [2.24, 2.45) is 0 Å². The number of carbonyl (C=O) groups is 1. The van der Waals surface area contributed by atoms with Crippen LogP contribution in [0, 0.1) is 0 Å². The van der Waals surface area contributed by atoms with Gasteiger partial charge in [0.05, 0.1) is 13.5 Å². The lowest BCUT2D eigenvalue weighted by molar-refractivity contribution is -0.139. The molecule has 3 nitrogen and oxygen atoms in total. The fourth-order valence-electron chi connectivity index (χ4n) is 2.89. The van der Waals surface area contributed by atoms with Gasteiger partial charge in [0.15, 0.2) is 0 Å². The highest BCUT2D eigenvalue weighted by Crippen LogP contribution is 2.29. The van der Waals surface area contributed by atoms with E-state index in [0.717, 1.165) is 25.1 Å². The van der Waals surface area contributed by atoms with Gasteiger partial charge in [0.2, 0.25) is 0 Å². The van der Waals surface area contributed by atoms with Gasteiger partial charge in [0, 0.05) is 18.8 Å². The van der Waals surface area contributed by atoms with Crippen molar-refractivity contribution in [3.8, 4) is 0 Å². The van der Waals surface area contributed by atoms with Gasteiger partial charge in [-0.25, -0.2) is 0 Å². The maximum Gasteiger partial charge on any atom is 0.309 e. The van der Waals surface area contributed by atoms with Crippen LogP contribution in [0.2, 0.25) is 0 Å². The first-order valence-corrected chi connectivity index (χ1v) is 7.24. The highest BCUT2D eigenvalue weighted by Gasteiger charge is 2.19. The predicted octanol–water partition coefficient (Wildman–Crippen LogP) is 2.96. The van der Waals surface area contributed by atoms with Crippen LogP contribution in [0.15, 0.2) is 48.5 Å². The van der Waals surface area contributed by atoms with E-state index < -0.39 is 0 Å². The topological polar surface area (TPSA) is 29.5 Å². The number of methoxy groups -OCH3 is 1. The van der Waals surface area contributed by atoms with E-state index in [4.69, 9.17) is 4.74 Å². The van der Waals surface area contributed by atoms with Gasteiger partial charge < -0.3 is 9.64 Å². The van der Waals surface area contributed by atoms with Gasteiger partial charge in [-0.2, -0.15) is 0 Å². The quantitative estimate of drug-likeness (QED) is 0.807. The summed E-state index contributed by atoms with van der Waals surface area (Å²) >= 11 is 0. The van der Waals surface area contributed by atoms with Gasteiger partial charge in [-0.15, -0.1) is 0 Å². The largest absolute Gasteiger partial charge is 0.469 e. The van der Waals surface area contributed by atoms with Crippen LogP contribution in [0.4, 0.5) is 5.69 Å². The molecule has 1 heterocycles. The van der Waals surface area contributed by atoms with Crippen LogP contribution in [0.1, 0.15) is 16.7 Å². The Morgan fingerprint density at radius 1 is 1.10 bits per heavy atom. The first-order valence-electron chi connectivity index (χ1n) is 7.24. The van der Waals surface area contributed by atoms with E-state index in [1.54, 1.807) is 0 Å². The van der Waals surface area contributed by atoms with E-state index in [9.17, 15) is 4.79 Å². The number of para-hydroxylation sites is 1. The Kier molecular flexibility index (Phi) is 3.91. The molecule has 0 radical (unpaired) electrons. The minimum Gasteiger partial charge on any atom is -0.469 e. The summed E-state index contributed by atoms with van der Waals surface area (Å²) in [7, 11) is 1.43. The number of esters is 1. The Morgan fingerprint density at radius 3 is 2.62 bits per heavy atom. The van der Waals surface area contributed by atoms with E-state index >= 15 is 0 Å². The summed E-state index contributed by atoms with van der Waals surface area (Å²) in [5, 5.41) is 0. The second-order valence-electron chi connectivity index (χ2n) is 5.32. The van der Waals surface area contributed by atoms with E-state index in [1.807, 2.05) is 18.2 Å². The van der Waals surface area contributed by atoms with Crippen molar-refractivity contribution >= 4 is 11.7 Å². The lowest BCUT2D eigenvalue weighted by Gasteiger charge is -2.21. The summed E-state index contributed by atoms with van der Waals surface area (Å²) in [6, 6.07) is 16.6. The Hall–Kier alpha value is -2.29. The zero-order valence-corrected chi connectivity index (χ0v) is 12.2. The molecule has 108 valence electrons. The smallest absolute Gasteiger partial charge is 0.309 e. The van der Waals surface area contributed by atoms with Crippen LogP contribution in [0.3, 0.4) is 0 Å². The molecule has 0 N–H and O–H groups in total. The van der Waals surface area contributed by atoms with E-state index in [2.05, 4.69) is 35.2 Å². The molecule has 0 aromatic heterocycles. The summed E-state index contributed by atoms with van der Waals surface area (Å²) in [6.07, 6.45) is 1.43. The van der Waals surface area contributed by atoms with Crippen LogP contribution in [-0.4, -0.2) is 19.6 Å². The summed E-state index contributed by atoms with van der Waals surface area (Å²) in [4.78, 5) is 13.9. The molecule has 0 saturated heterocycles. The first kappa shape index (κ1) is 13.7. The number of fused-ring (bicyclic) bond motifs is 1. The molecule has 3 heteroatoms. The molecule has 0 atom stereocenters. The van der Waals surface area contributed by atoms with Gasteiger partial charge in [0.1, 0.15) is 0 Å². The maximum atomic E-state index is 11.5. The third kappa shape index (κ3) is 2.92. The van der Waals surface area contributed by atoms with Gasteiger partial charge in [-0.05, 0) is 29.2 Å². The summed E-state index contributed by atoms with van der Waals surface area (Å²) < 4.78 is 4.78. The van der Waals surface area contributed by atoms with Gasteiger partial charge in [-0.3, -0.25) is 4.79 Å². The summed E-state index contributed by atoms with van der Waals surface area (Å²) in [6.45, 7) is 1.87. The number of anilines is 1. The zero-order valence-electron chi connectivity index (χ0n) is 12.2. The lowest BCUT2D eigenvalue weighted by atomic mass is 10.0. The maximum absolute atomic E-state index is 11.5. The molecular weight excluding hydrogens is 262 g/mol. The predicted molar refractivity (Wildman–Crippen MR) is 83.4 cm³/mol. The number of hydrogen-bond acceptors (Lipinski definition) is 3. The molecule has 2 aromatic rings. The number of carbonyl (C=O) groups excluding carboxylic acids is 1. The Morgan fingerprint density at radius 2 is 1.81 bits per heavy atom. The molecule has 3 rings (SSSR count). The van der Waals surface area contributed by atoms with Gasteiger partial charge in [0.25, 0.3) is 0 Å². The van der Waals surface area contributed by atoms with Crippen molar-refractivity contribution < 1.29 is 9.53 Å². The second-order valence-corrected chi connectivity index (χ2v) is 5.32. The third-order valence-corrected chi connectivity index (χ3v) is 4.03. The molecule has 0 amide bonds. The zero-order chi connectivity index (χ0) is 14.7. The van der Waals surface area contributed by atoms with Crippen LogP contribution < -0.4 is 4.90 Å². The second kappa shape index (κ2) is 6.00. The van der Waals surface area contributed by atoms with E-state index in [1.165, 1.54) is 23.9 Å². The molecule has 0 aliphatic carbocycles. The Labute approximate surface area is 125 Å². The molecule has 0 fully saturated rings. The molecule has 2 aromatic carbocycles. The van der Waals surface area contributed by atoms with Crippen LogP contribution in [-0.2, 0) is 28.9 Å². The fourth-order valence-corrected chi connectivity index (χ4v) is 2.89. The van der Waals surface area contributed by atoms with Gasteiger partial charge >= 0.3 is 5.97 Å². The standard InChI is InChI=1S/C18H19NO2/c1-21-18(20)12-15-7-2-3-8-16(15)13-19-11-10-14-6-4-5-9-17(14)19/h2-9H,10-13H2,1H3. The van der Waals surface area contributed by atoms with Crippen molar-refractivity contribution in [2.75, 3.05) is 18.6 Å². The number of ether oxygens (including phenoxy) is 1. The molecule has 0 spiro atoms. The Balaban J connectivity index is 1.81. The fraction of sp³-hybridized carbons (Fsp3) is 0.278. The lowest BCUT2D eigenvalue weighted by Crippen LogP contribution is -2.21. The van der Waals surface area contributed by atoms with Crippen molar-refractivity contribution in [3.63, 3.8) is 0 Å². The molecule has 1 aliphatic rings. The van der Waals surface area contributed by atoms with Crippen LogP contribution >= 0.6 is 0 Å². The molecule has 21 heavy (non-hydrogen) atoms. The number of hydrogen-bond donors (Lipinski definition) is 0. The number of rotatable bonds is 4. The highest BCUT2D eigenvalue weighted by molar-refractivity contribution is 5.73. The molecule has 0 bridgehead atoms. The molecular formula is C18H19NO2. The minimum absolute atomic E-state index is 0.190. The SMILES string of the molecule is COC(=O)Cc1ccccc1CN1CCc2ccccc21. The average molecular weight is 281 g/mol. The van der Waals surface area contributed by atoms with Crippen molar-refractivity contribution in [3.05, 3.63) is 65.2 Å². The monoisotopic (exact) mass is 281 g/mol. The normalized spacial score (nSPS) is 13.1. The van der Waals surface area contributed by atoms with Crippen LogP contribution in [0.5, 0.6) is 0 Å².